The molecular formula is C15H19Cl2NO2S. The van der Waals surface area contributed by atoms with Crippen molar-refractivity contribution in [1.29, 1.82) is 0 Å². The van der Waals surface area contributed by atoms with Gasteiger partial charge in [0.25, 0.3) is 0 Å². The molecule has 3 nitrogen and oxygen atoms in total. The topological polar surface area (TPSA) is 29.5 Å². The van der Waals surface area contributed by atoms with Gasteiger partial charge in [0.2, 0.25) is 5.91 Å². The van der Waals surface area contributed by atoms with Gasteiger partial charge in [0, 0.05) is 30.0 Å². The van der Waals surface area contributed by atoms with Crippen LogP contribution in [0.1, 0.15) is 24.1 Å². The maximum Gasteiger partial charge on any atom is 0.246 e. The number of carbonyl (C=O) groups excluding carboxylic acids is 1. The molecule has 1 amide bonds. The van der Waals surface area contributed by atoms with Crippen molar-refractivity contribution < 1.29 is 9.53 Å². The summed E-state index contributed by atoms with van der Waals surface area (Å²) in [6, 6.07) is 0.259. The monoisotopic (exact) mass is 347 g/mol. The van der Waals surface area contributed by atoms with Gasteiger partial charge in [0.15, 0.2) is 0 Å². The third-order valence-corrected chi connectivity index (χ3v) is 5.95. The Hall–Kier alpha value is -0.550. The molecule has 1 aromatic rings. The molecule has 2 rings (SSSR count). The highest BCUT2D eigenvalue weighted by molar-refractivity contribution is 7.11. The van der Waals surface area contributed by atoms with Crippen LogP contribution >= 0.6 is 34.5 Å². The maximum absolute atomic E-state index is 12.1. The minimum absolute atomic E-state index is 0.0502. The summed E-state index contributed by atoms with van der Waals surface area (Å²) in [6.45, 7) is 4.87. The van der Waals surface area contributed by atoms with Gasteiger partial charge in [-0.1, -0.05) is 29.8 Å². The summed E-state index contributed by atoms with van der Waals surface area (Å²) in [7, 11) is 1.71. The average molecular weight is 348 g/mol. The quantitative estimate of drug-likeness (QED) is 0.684. The number of hydrogen-bond acceptors (Lipinski definition) is 3. The van der Waals surface area contributed by atoms with Crippen LogP contribution in [0.15, 0.2) is 18.0 Å². The molecule has 0 atom stereocenters. The molecule has 1 heterocycles. The van der Waals surface area contributed by atoms with Crippen molar-refractivity contribution in [2.24, 2.45) is 5.92 Å². The Bertz CT molecular complexity index is 512. The van der Waals surface area contributed by atoms with Gasteiger partial charge in [-0.3, -0.25) is 4.79 Å². The first kappa shape index (κ1) is 16.8. The SMILES string of the molecule is C=CC(=O)N(Cc1scc(Cl)c1Cl)C1CC(CCOC)C1. The van der Waals surface area contributed by atoms with E-state index in [1.165, 1.54) is 17.4 Å². The number of ether oxygens (including phenoxy) is 1. The van der Waals surface area contributed by atoms with E-state index in [1.807, 2.05) is 4.90 Å². The second-order valence-corrected chi connectivity index (χ2v) is 7.01. The van der Waals surface area contributed by atoms with E-state index >= 15 is 0 Å². The Morgan fingerprint density at radius 1 is 1.57 bits per heavy atom. The smallest absolute Gasteiger partial charge is 0.246 e. The van der Waals surface area contributed by atoms with Gasteiger partial charge in [-0.25, -0.2) is 0 Å². The lowest BCUT2D eigenvalue weighted by molar-refractivity contribution is -0.132. The van der Waals surface area contributed by atoms with Crippen LogP contribution in [0.25, 0.3) is 0 Å². The molecule has 1 fully saturated rings. The summed E-state index contributed by atoms with van der Waals surface area (Å²) in [4.78, 5) is 14.9. The van der Waals surface area contributed by atoms with Gasteiger partial charge >= 0.3 is 0 Å². The Balaban J connectivity index is 1.98. The molecule has 116 valence electrons. The minimum Gasteiger partial charge on any atom is -0.385 e. The Morgan fingerprint density at radius 2 is 2.29 bits per heavy atom. The standard InChI is InChI=1S/C15H19Cl2NO2S/c1-3-14(19)18(8-13-15(17)12(16)9-21-13)11-6-10(7-11)4-5-20-2/h3,9-11H,1,4-8H2,2H3. The van der Waals surface area contributed by atoms with Gasteiger partial charge in [-0.05, 0) is 31.3 Å². The Kier molecular flexibility index (Phi) is 6.11. The van der Waals surface area contributed by atoms with Gasteiger partial charge in [0.05, 0.1) is 16.6 Å². The average Bonchev–Trinajstić information content (AvgIpc) is 2.75. The first-order valence-corrected chi connectivity index (χ1v) is 8.53. The number of rotatable bonds is 7. The fourth-order valence-corrected chi connectivity index (χ4v) is 4.01. The molecule has 0 aromatic carbocycles. The van der Waals surface area contributed by atoms with E-state index in [1.54, 1.807) is 12.5 Å². The van der Waals surface area contributed by atoms with Gasteiger partial charge < -0.3 is 9.64 Å². The molecule has 6 heteroatoms. The minimum atomic E-state index is -0.0502. The Morgan fingerprint density at radius 3 is 2.81 bits per heavy atom. The van der Waals surface area contributed by atoms with E-state index in [2.05, 4.69) is 6.58 Å². The second-order valence-electron chi connectivity index (χ2n) is 5.26. The lowest BCUT2D eigenvalue weighted by atomic mass is 9.77. The van der Waals surface area contributed by atoms with Crippen molar-refractivity contribution in [3.63, 3.8) is 0 Å². The third-order valence-electron chi connectivity index (χ3n) is 3.91. The summed E-state index contributed by atoms with van der Waals surface area (Å²) in [5, 5.41) is 2.91. The van der Waals surface area contributed by atoms with Gasteiger partial charge in [-0.2, -0.15) is 0 Å². The maximum atomic E-state index is 12.1. The number of halogens is 2. The van der Waals surface area contributed by atoms with Crippen molar-refractivity contribution in [2.75, 3.05) is 13.7 Å². The van der Waals surface area contributed by atoms with Crippen LogP contribution in [0.5, 0.6) is 0 Å². The molecule has 1 aliphatic carbocycles. The van der Waals surface area contributed by atoms with Crippen molar-refractivity contribution in [1.82, 2.24) is 4.90 Å². The van der Waals surface area contributed by atoms with Crippen molar-refractivity contribution in [3.8, 4) is 0 Å². The molecule has 0 aliphatic heterocycles. The summed E-state index contributed by atoms with van der Waals surface area (Å²) >= 11 is 13.6. The summed E-state index contributed by atoms with van der Waals surface area (Å²) in [5.41, 5.74) is 0. The van der Waals surface area contributed by atoms with E-state index in [-0.39, 0.29) is 11.9 Å². The van der Waals surface area contributed by atoms with Crippen LogP contribution in [-0.2, 0) is 16.1 Å². The highest BCUT2D eigenvalue weighted by atomic mass is 35.5. The second kappa shape index (κ2) is 7.63. The normalized spacial score (nSPS) is 20.9. The molecule has 0 saturated heterocycles. The third kappa shape index (κ3) is 4.01. The molecule has 1 saturated carbocycles. The summed E-state index contributed by atoms with van der Waals surface area (Å²) < 4.78 is 5.10. The van der Waals surface area contributed by atoms with Crippen LogP contribution in [0.4, 0.5) is 0 Å². The molecule has 0 N–H and O–H groups in total. The highest BCUT2D eigenvalue weighted by Crippen LogP contribution is 2.38. The van der Waals surface area contributed by atoms with Crippen LogP contribution in [0.2, 0.25) is 10.0 Å². The zero-order valence-electron chi connectivity index (χ0n) is 12.0. The van der Waals surface area contributed by atoms with E-state index in [4.69, 9.17) is 27.9 Å². The van der Waals surface area contributed by atoms with E-state index in [9.17, 15) is 4.79 Å². The van der Waals surface area contributed by atoms with Crippen molar-refractivity contribution in [2.45, 2.75) is 31.8 Å². The summed E-state index contributed by atoms with van der Waals surface area (Å²) in [5.74, 6) is 0.586. The summed E-state index contributed by atoms with van der Waals surface area (Å²) in [6.07, 6.45) is 4.44. The molecule has 1 aliphatic rings. The molecule has 0 unspecified atom stereocenters. The van der Waals surface area contributed by atoms with E-state index < -0.39 is 0 Å². The van der Waals surface area contributed by atoms with Crippen LogP contribution in [-0.4, -0.2) is 30.6 Å². The van der Waals surface area contributed by atoms with Crippen molar-refractivity contribution >= 4 is 40.4 Å². The lowest BCUT2D eigenvalue weighted by Crippen LogP contribution is -2.47. The van der Waals surface area contributed by atoms with Gasteiger partial charge in [-0.15, -0.1) is 11.3 Å². The van der Waals surface area contributed by atoms with Crippen molar-refractivity contribution in [3.05, 3.63) is 33.0 Å². The number of nitrogens with zero attached hydrogens (tertiary/aromatic N) is 1. The molecule has 0 bridgehead atoms. The molecule has 0 radical (unpaired) electrons. The number of methoxy groups -OCH3 is 1. The number of thiophene rings is 1. The van der Waals surface area contributed by atoms with Crippen LogP contribution in [0.3, 0.4) is 0 Å². The zero-order valence-corrected chi connectivity index (χ0v) is 14.3. The fourth-order valence-electron chi connectivity index (χ4n) is 2.60. The van der Waals surface area contributed by atoms with Crippen LogP contribution in [0, 0.1) is 5.92 Å². The largest absolute Gasteiger partial charge is 0.385 e. The molecular weight excluding hydrogens is 329 g/mol. The molecule has 1 aromatic heterocycles. The van der Waals surface area contributed by atoms with Gasteiger partial charge in [0.1, 0.15) is 0 Å². The first-order valence-electron chi connectivity index (χ1n) is 6.90. The van der Waals surface area contributed by atoms with Crippen LogP contribution < -0.4 is 0 Å². The fraction of sp³-hybridized carbons (Fsp3) is 0.533. The lowest BCUT2D eigenvalue weighted by Gasteiger charge is -2.42. The predicted molar refractivity (Wildman–Crippen MR) is 88.1 cm³/mol. The number of hydrogen-bond donors (Lipinski definition) is 0. The highest BCUT2D eigenvalue weighted by Gasteiger charge is 2.35. The molecule has 21 heavy (non-hydrogen) atoms. The first-order chi connectivity index (χ1) is 10.1. The molecule has 0 spiro atoms. The van der Waals surface area contributed by atoms with E-state index in [0.717, 1.165) is 30.7 Å². The predicted octanol–water partition coefficient (Wildman–Crippen LogP) is 4.38. The van der Waals surface area contributed by atoms with E-state index in [0.29, 0.717) is 22.5 Å². The number of carbonyl (C=O) groups is 1. The number of amides is 1. The Labute approximate surface area is 139 Å². The zero-order chi connectivity index (χ0) is 15.4.